The van der Waals surface area contributed by atoms with E-state index in [1.54, 1.807) is 24.3 Å². The molecule has 3 aromatic carbocycles. The number of amidine groups is 1. The minimum Gasteiger partial charge on any atom is -0.460 e. The fourth-order valence-electron chi connectivity index (χ4n) is 7.63. The molecule has 4 N–H and O–H groups in total. The zero-order valence-corrected chi connectivity index (χ0v) is 48.1. The average molecular weight is 1130 g/mol. The third-order valence-electron chi connectivity index (χ3n) is 11.4. The van der Waals surface area contributed by atoms with Gasteiger partial charge in [-0.1, -0.05) is 61.5 Å². The second-order valence-electron chi connectivity index (χ2n) is 19.4. The summed E-state index contributed by atoms with van der Waals surface area (Å²) in [5.41, 5.74) is 10.4. The van der Waals surface area contributed by atoms with Gasteiger partial charge in [0.05, 0.1) is 151 Å². The van der Waals surface area contributed by atoms with Gasteiger partial charge in [0.25, 0.3) is 0 Å². The van der Waals surface area contributed by atoms with Crippen molar-refractivity contribution in [3.63, 3.8) is 0 Å². The number of rotatable bonds is 44. The first kappa shape index (κ1) is 67.3. The SMILES string of the molecule is [C-]#[N+]c1cccc(NC(=NCCCN(CCC)C(=O)C2=Cc3ccc(C(=O)Cc4ccccc4)cc3N=C(N)C2)NCCOCCOCCOCCOCCOCCOCCOCCOCCOCCOCCC(=O)OC(C)(C)C)c1. The number of amides is 1. The lowest BCUT2D eigenvalue weighted by atomic mass is 9.99. The molecule has 0 unspecified atom stereocenters. The lowest BCUT2D eigenvalue weighted by Gasteiger charge is -2.23. The summed E-state index contributed by atoms with van der Waals surface area (Å²) in [4.78, 5) is 53.6. The highest BCUT2D eigenvalue weighted by atomic mass is 16.6. The summed E-state index contributed by atoms with van der Waals surface area (Å²) in [7, 11) is 0. The third-order valence-corrected chi connectivity index (χ3v) is 11.4. The Morgan fingerprint density at radius 3 is 1.75 bits per heavy atom. The first-order chi connectivity index (χ1) is 39.4. The van der Waals surface area contributed by atoms with E-state index in [9.17, 15) is 14.4 Å². The lowest BCUT2D eigenvalue weighted by Crippen LogP contribution is -2.36. The van der Waals surface area contributed by atoms with E-state index in [0.29, 0.717) is 205 Å². The molecule has 0 radical (unpaired) electrons. The summed E-state index contributed by atoms with van der Waals surface area (Å²) in [5, 5.41) is 6.60. The molecule has 0 saturated carbocycles. The normalized spacial score (nSPS) is 12.5. The van der Waals surface area contributed by atoms with Crippen LogP contribution in [0.5, 0.6) is 0 Å². The van der Waals surface area contributed by atoms with Gasteiger partial charge in [0.1, 0.15) is 11.4 Å². The van der Waals surface area contributed by atoms with Crippen molar-refractivity contribution in [2.45, 2.75) is 65.4 Å². The van der Waals surface area contributed by atoms with Crippen molar-refractivity contribution in [1.82, 2.24) is 10.2 Å². The molecule has 21 heteroatoms. The quantitative estimate of drug-likeness (QED) is 0.0129. The molecule has 21 nitrogen and oxygen atoms in total. The molecule has 81 heavy (non-hydrogen) atoms. The van der Waals surface area contributed by atoms with Crippen molar-refractivity contribution in [2.75, 3.05) is 164 Å². The van der Waals surface area contributed by atoms with Crippen LogP contribution in [0, 0.1) is 6.57 Å². The fourth-order valence-corrected chi connectivity index (χ4v) is 7.63. The number of nitrogens with zero attached hydrogens (tertiary/aromatic N) is 4. The molecule has 3 aromatic rings. The van der Waals surface area contributed by atoms with Gasteiger partial charge in [-0.2, -0.15) is 0 Å². The number of guanidine groups is 1. The van der Waals surface area contributed by atoms with Gasteiger partial charge >= 0.3 is 5.97 Å². The number of carbonyl (C=O) groups is 3. The number of ketones is 1. The maximum Gasteiger partial charge on any atom is 0.308 e. The van der Waals surface area contributed by atoms with E-state index < -0.39 is 5.60 Å². The minimum absolute atomic E-state index is 0.0228. The Hall–Kier alpha value is -6.16. The summed E-state index contributed by atoms with van der Waals surface area (Å²) < 4.78 is 60.7. The van der Waals surface area contributed by atoms with Crippen LogP contribution in [0.3, 0.4) is 0 Å². The summed E-state index contributed by atoms with van der Waals surface area (Å²) >= 11 is 0. The molecule has 1 heterocycles. The number of ether oxygens (including phenoxy) is 11. The first-order valence-corrected chi connectivity index (χ1v) is 28.0. The number of benzene rings is 3. The number of Topliss-reactive ketones (excluding diaryl/α,β-unsaturated/α-hetero) is 1. The van der Waals surface area contributed by atoms with E-state index in [1.807, 2.05) is 87.2 Å². The van der Waals surface area contributed by atoms with E-state index in [4.69, 9.17) is 69.4 Å². The summed E-state index contributed by atoms with van der Waals surface area (Å²) in [6, 6.07) is 22.1. The second-order valence-corrected chi connectivity index (χ2v) is 19.4. The molecule has 1 aliphatic heterocycles. The fraction of sp³-hybridized carbons (Fsp3) is 0.567. The molecule has 0 aromatic heterocycles. The smallest absolute Gasteiger partial charge is 0.308 e. The van der Waals surface area contributed by atoms with Crippen molar-refractivity contribution in [1.29, 1.82) is 0 Å². The number of hydrogen-bond donors (Lipinski definition) is 3. The Morgan fingerprint density at radius 2 is 1.22 bits per heavy atom. The highest BCUT2D eigenvalue weighted by molar-refractivity contribution is 6.06. The topological polar surface area (TPSA) is 235 Å². The molecule has 4 rings (SSSR count). The van der Waals surface area contributed by atoms with E-state index >= 15 is 0 Å². The Morgan fingerprint density at radius 1 is 0.679 bits per heavy atom. The summed E-state index contributed by atoms with van der Waals surface area (Å²) in [5.74, 6) is 0.407. The third kappa shape index (κ3) is 31.6. The molecule has 446 valence electrons. The summed E-state index contributed by atoms with van der Waals surface area (Å²) in [6.45, 7) is 25.6. The molecule has 0 saturated heterocycles. The van der Waals surface area contributed by atoms with Crippen molar-refractivity contribution in [3.8, 4) is 0 Å². The number of carbonyl (C=O) groups excluding carboxylic acids is 3. The Labute approximate surface area is 479 Å². The first-order valence-electron chi connectivity index (χ1n) is 28.0. The summed E-state index contributed by atoms with van der Waals surface area (Å²) in [6.07, 6.45) is 3.88. The van der Waals surface area contributed by atoms with Gasteiger partial charge in [-0.05, 0) is 63.5 Å². The predicted octanol–water partition coefficient (Wildman–Crippen LogP) is 7.02. The molecule has 0 bridgehead atoms. The Bertz CT molecular complexity index is 2390. The van der Waals surface area contributed by atoms with E-state index in [-0.39, 0.29) is 36.9 Å². The number of esters is 1. The van der Waals surface area contributed by atoms with Crippen molar-refractivity contribution in [2.24, 2.45) is 15.7 Å². The van der Waals surface area contributed by atoms with E-state index in [1.165, 1.54) is 0 Å². The lowest BCUT2D eigenvalue weighted by molar-refractivity contribution is -0.156. The Kier molecular flexibility index (Phi) is 34.7. The van der Waals surface area contributed by atoms with Crippen LogP contribution in [0.4, 0.5) is 17.1 Å². The number of fused-ring (bicyclic) bond motifs is 1. The Balaban J connectivity index is 0.987. The van der Waals surface area contributed by atoms with Crippen LogP contribution < -0.4 is 16.4 Å². The van der Waals surface area contributed by atoms with Gasteiger partial charge in [-0.3, -0.25) is 19.4 Å². The molecule has 0 atom stereocenters. The van der Waals surface area contributed by atoms with Crippen molar-refractivity contribution in [3.05, 3.63) is 106 Å². The van der Waals surface area contributed by atoms with Crippen LogP contribution in [-0.4, -0.2) is 198 Å². The number of hydrogen-bond acceptors (Lipinski definition) is 17. The number of aliphatic imine (C=N–C) groups is 2. The van der Waals surface area contributed by atoms with Crippen LogP contribution in [-0.2, 0) is 68.1 Å². The molecule has 0 spiro atoms. The number of nitrogens with one attached hydrogen (secondary N) is 2. The maximum atomic E-state index is 14.0. The van der Waals surface area contributed by atoms with Crippen LogP contribution in [0.15, 0.2) is 88.4 Å². The number of anilines is 1. The van der Waals surface area contributed by atoms with Crippen LogP contribution >= 0.6 is 0 Å². The van der Waals surface area contributed by atoms with Crippen molar-refractivity contribution < 1.29 is 66.5 Å². The largest absolute Gasteiger partial charge is 0.460 e. The predicted molar refractivity (Wildman–Crippen MR) is 312 cm³/mol. The van der Waals surface area contributed by atoms with Gasteiger partial charge in [0, 0.05) is 61.4 Å². The zero-order chi connectivity index (χ0) is 58.0. The molecule has 0 aliphatic carbocycles. The molecular formula is C60H87N7O14. The van der Waals surface area contributed by atoms with Crippen LogP contribution in [0.1, 0.15) is 74.9 Å². The van der Waals surface area contributed by atoms with Crippen molar-refractivity contribution >= 4 is 52.6 Å². The molecular weight excluding hydrogens is 1040 g/mol. The van der Waals surface area contributed by atoms with Gasteiger partial charge in [-0.15, -0.1) is 0 Å². The van der Waals surface area contributed by atoms with Gasteiger partial charge in [0.2, 0.25) is 5.91 Å². The van der Waals surface area contributed by atoms with E-state index in [0.717, 1.165) is 17.5 Å². The average Bonchev–Trinajstić information content (AvgIpc) is 3.82. The minimum atomic E-state index is -0.490. The maximum absolute atomic E-state index is 14.0. The monoisotopic (exact) mass is 1130 g/mol. The zero-order valence-electron chi connectivity index (χ0n) is 48.1. The molecule has 1 aliphatic rings. The van der Waals surface area contributed by atoms with Gasteiger partial charge in [-0.25, -0.2) is 9.84 Å². The van der Waals surface area contributed by atoms with Gasteiger partial charge in [0.15, 0.2) is 17.4 Å². The standard InChI is InChI=1S/C60H87N7O14/c1-6-21-67(58(70)51-44-49-16-17-50(45-54(49)66-56(61)46-51)55(68)43-48-12-8-7-9-13-48)22-11-19-63-59(65-53-15-10-14-52(47-53)62-5)64-20-24-72-26-28-74-30-32-76-34-36-78-38-40-80-42-41-79-39-37-77-35-33-75-31-29-73-27-25-71-23-18-57(69)81-60(2,3)4/h7-10,12-17,44-45,47H,6,11,18-43,46H2,1-4H3,(H2,61,66)(H2,63,64,65). The molecule has 0 fully saturated rings. The number of nitrogens with two attached hydrogens (primary N) is 1. The van der Waals surface area contributed by atoms with Crippen LogP contribution in [0.25, 0.3) is 10.9 Å². The van der Waals surface area contributed by atoms with E-state index in [2.05, 4.69) is 20.5 Å². The molecule has 1 amide bonds. The second kappa shape index (κ2) is 41.8. The van der Waals surface area contributed by atoms with Crippen LogP contribution in [0.2, 0.25) is 0 Å². The highest BCUT2D eigenvalue weighted by Gasteiger charge is 2.22. The van der Waals surface area contributed by atoms with Gasteiger partial charge < -0.3 is 73.4 Å². The highest BCUT2D eigenvalue weighted by Crippen LogP contribution is 2.29.